The average molecular weight is 597 g/mol. The smallest absolute Gasteiger partial charge is 0.308 e. The molecular formula is C28H19Cl2N3O4S2. The van der Waals surface area contributed by atoms with Crippen molar-refractivity contribution >= 4 is 75.4 Å². The van der Waals surface area contributed by atoms with Crippen LogP contribution in [-0.2, 0) is 20.9 Å². The van der Waals surface area contributed by atoms with Crippen molar-refractivity contribution in [2.24, 2.45) is 5.92 Å². The third-order valence-electron chi connectivity index (χ3n) is 6.72. The molecule has 1 fully saturated rings. The normalized spacial score (nSPS) is 20.1. The number of thiazole rings is 1. The fourth-order valence-corrected chi connectivity index (χ4v) is 8.02. The number of imide groups is 1. The van der Waals surface area contributed by atoms with E-state index in [1.165, 1.54) is 21.2 Å². The Morgan fingerprint density at radius 2 is 1.49 bits per heavy atom. The van der Waals surface area contributed by atoms with E-state index >= 15 is 0 Å². The number of benzene rings is 3. The van der Waals surface area contributed by atoms with Gasteiger partial charge in [-0.2, -0.15) is 0 Å². The predicted molar refractivity (Wildman–Crippen MR) is 154 cm³/mol. The molecule has 196 valence electrons. The largest absolute Gasteiger partial charge is 0.325 e. The van der Waals surface area contributed by atoms with Crippen molar-refractivity contribution in [2.45, 2.75) is 22.7 Å². The molecule has 0 bridgehead atoms. The Morgan fingerprint density at radius 3 is 2.15 bits per heavy atom. The lowest BCUT2D eigenvalue weighted by Gasteiger charge is -2.30. The second kappa shape index (κ2) is 10.3. The predicted octanol–water partition coefficient (Wildman–Crippen LogP) is 5.65. The van der Waals surface area contributed by atoms with Crippen molar-refractivity contribution in [3.8, 4) is 0 Å². The van der Waals surface area contributed by atoms with Gasteiger partial charge in [0.15, 0.2) is 0 Å². The molecule has 3 unspecified atom stereocenters. The van der Waals surface area contributed by atoms with Crippen LogP contribution in [-0.4, -0.2) is 27.5 Å². The Labute approximate surface area is 241 Å². The number of amides is 3. The summed E-state index contributed by atoms with van der Waals surface area (Å²) in [5.41, 5.74) is 1.81. The number of hydrogen-bond acceptors (Lipinski definition) is 6. The number of para-hydroxylation sites is 1. The SMILES string of the molecule is O=C(Cn1c2c(sc1=O)C(c1ccc(Cl)cc1)C1C(=O)N(c3ccc(Cl)cc3)C(=O)C1S2)Nc1ccccc1. The fourth-order valence-electron chi connectivity index (χ4n) is 4.99. The standard InChI is InChI=1S/C28H19Cl2N3O4S2/c29-16-8-6-15(7-9-16)21-22-23(26(36)33(25(22)35)19-12-10-17(30)11-13-19)38-27-24(21)39-28(37)32(27)14-20(34)31-18-4-2-1-3-5-18/h1-13,21-23H,14H2,(H,31,34). The van der Waals surface area contributed by atoms with Gasteiger partial charge >= 0.3 is 4.87 Å². The monoisotopic (exact) mass is 595 g/mol. The van der Waals surface area contributed by atoms with Crippen LogP contribution in [0.3, 0.4) is 0 Å². The van der Waals surface area contributed by atoms with Crippen molar-refractivity contribution in [2.75, 3.05) is 10.2 Å². The number of thioether (sulfide) groups is 1. The molecule has 7 nitrogen and oxygen atoms in total. The first-order valence-corrected chi connectivity index (χ1v) is 14.4. The molecule has 1 saturated heterocycles. The van der Waals surface area contributed by atoms with Crippen molar-refractivity contribution in [1.82, 2.24) is 4.57 Å². The second-order valence-electron chi connectivity index (χ2n) is 9.12. The quantitative estimate of drug-likeness (QED) is 0.301. The summed E-state index contributed by atoms with van der Waals surface area (Å²) < 4.78 is 1.39. The first-order chi connectivity index (χ1) is 18.8. The minimum atomic E-state index is -0.779. The zero-order valence-electron chi connectivity index (χ0n) is 20.0. The molecule has 3 atom stereocenters. The summed E-state index contributed by atoms with van der Waals surface area (Å²) in [6.45, 7) is -0.222. The van der Waals surface area contributed by atoms with Crippen molar-refractivity contribution in [1.29, 1.82) is 0 Å². The number of aromatic nitrogens is 1. The van der Waals surface area contributed by atoms with Crippen molar-refractivity contribution < 1.29 is 14.4 Å². The van der Waals surface area contributed by atoms with E-state index in [1.54, 1.807) is 60.7 Å². The highest BCUT2D eigenvalue weighted by atomic mass is 35.5. The van der Waals surface area contributed by atoms with E-state index in [-0.39, 0.29) is 29.1 Å². The molecule has 11 heteroatoms. The lowest BCUT2D eigenvalue weighted by atomic mass is 9.83. The summed E-state index contributed by atoms with van der Waals surface area (Å²) in [5.74, 6) is -2.39. The third kappa shape index (κ3) is 4.69. The van der Waals surface area contributed by atoms with Crippen LogP contribution in [0.5, 0.6) is 0 Å². The van der Waals surface area contributed by atoms with Crippen molar-refractivity contribution in [3.63, 3.8) is 0 Å². The van der Waals surface area contributed by atoms with Gasteiger partial charge in [0.1, 0.15) is 11.8 Å². The highest BCUT2D eigenvalue weighted by molar-refractivity contribution is 8.00. The van der Waals surface area contributed by atoms with Crippen LogP contribution in [0.15, 0.2) is 88.7 Å². The highest BCUT2D eigenvalue weighted by Crippen LogP contribution is 2.54. The highest BCUT2D eigenvalue weighted by Gasteiger charge is 2.56. The summed E-state index contributed by atoms with van der Waals surface area (Å²) in [6.07, 6.45) is 0. The van der Waals surface area contributed by atoms with Crippen LogP contribution in [0.1, 0.15) is 16.4 Å². The van der Waals surface area contributed by atoms with Gasteiger partial charge in [0.2, 0.25) is 17.7 Å². The maximum atomic E-state index is 13.9. The molecule has 1 aromatic heterocycles. The number of carbonyl (C=O) groups excluding carboxylic acids is 3. The first-order valence-electron chi connectivity index (χ1n) is 12.0. The molecule has 2 aliphatic heterocycles. The second-order valence-corrected chi connectivity index (χ2v) is 12.1. The van der Waals surface area contributed by atoms with Crippen LogP contribution in [0, 0.1) is 5.92 Å². The van der Waals surface area contributed by atoms with Crippen LogP contribution in [0.25, 0.3) is 0 Å². The Hall–Kier alpha value is -3.37. The van der Waals surface area contributed by atoms with Gasteiger partial charge in [-0.25, -0.2) is 4.90 Å². The zero-order valence-corrected chi connectivity index (χ0v) is 23.2. The van der Waals surface area contributed by atoms with Gasteiger partial charge in [-0.1, -0.05) is 76.6 Å². The number of anilines is 2. The molecule has 0 spiro atoms. The maximum absolute atomic E-state index is 13.9. The molecule has 3 amide bonds. The molecule has 3 aromatic carbocycles. The van der Waals surface area contributed by atoms with E-state index < -0.39 is 17.1 Å². The van der Waals surface area contributed by atoms with E-state index in [0.29, 0.717) is 31.3 Å². The van der Waals surface area contributed by atoms with Crippen LogP contribution in [0.2, 0.25) is 10.0 Å². The Kier molecular flexibility index (Phi) is 6.84. The van der Waals surface area contributed by atoms with Gasteiger partial charge < -0.3 is 5.32 Å². The van der Waals surface area contributed by atoms with Gasteiger partial charge in [-0.05, 0) is 54.1 Å². The number of rotatable bonds is 5. The number of carbonyl (C=O) groups is 3. The zero-order chi connectivity index (χ0) is 27.3. The van der Waals surface area contributed by atoms with Crippen LogP contribution >= 0.6 is 46.3 Å². The number of fused-ring (bicyclic) bond motifs is 2. The molecule has 0 radical (unpaired) electrons. The number of hydrogen-bond donors (Lipinski definition) is 1. The molecule has 0 aliphatic carbocycles. The molecule has 1 N–H and O–H groups in total. The van der Waals surface area contributed by atoms with Gasteiger partial charge in [-0.3, -0.25) is 23.7 Å². The molecule has 3 heterocycles. The molecular weight excluding hydrogens is 577 g/mol. The van der Waals surface area contributed by atoms with E-state index in [0.717, 1.165) is 16.9 Å². The molecule has 2 aliphatic rings. The summed E-state index contributed by atoms with van der Waals surface area (Å²) in [6, 6.07) is 22.5. The third-order valence-corrected chi connectivity index (χ3v) is 9.83. The number of nitrogens with one attached hydrogen (secondary N) is 1. The Bertz CT molecular complexity index is 1650. The lowest BCUT2D eigenvalue weighted by Crippen LogP contribution is -2.33. The Morgan fingerprint density at radius 1 is 0.846 bits per heavy atom. The number of halogens is 2. The minimum Gasteiger partial charge on any atom is -0.325 e. The number of nitrogens with zero attached hydrogens (tertiary/aromatic N) is 2. The van der Waals surface area contributed by atoms with Gasteiger partial charge in [-0.15, -0.1) is 0 Å². The van der Waals surface area contributed by atoms with E-state index in [2.05, 4.69) is 5.32 Å². The summed E-state index contributed by atoms with van der Waals surface area (Å²) >= 11 is 14.3. The molecule has 4 aromatic rings. The maximum Gasteiger partial charge on any atom is 0.308 e. The first kappa shape index (κ1) is 25.9. The Balaban J connectivity index is 1.42. The molecule has 39 heavy (non-hydrogen) atoms. The van der Waals surface area contributed by atoms with Gasteiger partial charge in [0.25, 0.3) is 0 Å². The van der Waals surface area contributed by atoms with Gasteiger partial charge in [0.05, 0.1) is 16.6 Å². The van der Waals surface area contributed by atoms with Crippen LogP contribution in [0.4, 0.5) is 11.4 Å². The van der Waals surface area contributed by atoms with Crippen molar-refractivity contribution in [3.05, 3.63) is 109 Å². The van der Waals surface area contributed by atoms with Crippen LogP contribution < -0.4 is 15.1 Å². The molecule has 0 saturated carbocycles. The van der Waals surface area contributed by atoms with E-state index in [4.69, 9.17) is 23.2 Å². The summed E-state index contributed by atoms with van der Waals surface area (Å²) in [7, 11) is 0. The van der Waals surface area contributed by atoms with E-state index in [1.807, 2.05) is 18.2 Å². The minimum absolute atomic E-state index is 0.222. The fraction of sp³-hybridized carbons (Fsp3) is 0.143. The molecule has 6 rings (SSSR count). The average Bonchev–Trinajstić information content (AvgIpc) is 3.36. The summed E-state index contributed by atoms with van der Waals surface area (Å²) in [4.78, 5) is 55.2. The summed E-state index contributed by atoms with van der Waals surface area (Å²) in [5, 5.41) is 3.56. The topological polar surface area (TPSA) is 88.5 Å². The van der Waals surface area contributed by atoms with E-state index in [9.17, 15) is 19.2 Å². The lowest BCUT2D eigenvalue weighted by molar-refractivity contribution is -0.122. The van der Waals surface area contributed by atoms with Gasteiger partial charge in [0, 0.05) is 26.5 Å².